The van der Waals surface area contributed by atoms with Gasteiger partial charge in [0.2, 0.25) is 0 Å². The van der Waals surface area contributed by atoms with Gasteiger partial charge in [-0.25, -0.2) is 18.0 Å². The molecule has 8 nitrogen and oxygen atoms in total. The van der Waals surface area contributed by atoms with Crippen LogP contribution in [0.15, 0.2) is 59.2 Å². The molecule has 0 bridgehead atoms. The van der Waals surface area contributed by atoms with E-state index in [1.807, 2.05) is 32.2 Å². The molecule has 11 heteroatoms. The number of H-pyrrole nitrogens is 1. The molecule has 3 heterocycles. The molecule has 0 amide bonds. The second-order valence-electron chi connectivity index (χ2n) is 8.67. The minimum atomic E-state index is -2.22. The van der Waals surface area contributed by atoms with Gasteiger partial charge in [0.15, 0.2) is 10.9 Å². The predicted molar refractivity (Wildman–Crippen MR) is 143 cm³/mol. The van der Waals surface area contributed by atoms with Crippen LogP contribution in [0.4, 0.5) is 14.5 Å². The molecule has 0 saturated heterocycles. The smallest absolute Gasteiger partial charge is 0.157 e. The number of thiol groups is 1. The first-order valence-electron chi connectivity index (χ1n) is 11.7. The first-order valence-corrected chi connectivity index (χ1v) is 12.8. The molecule has 0 saturated carbocycles. The quantitative estimate of drug-likeness (QED) is 0.252. The minimum Gasteiger partial charge on any atom is -0.494 e. The summed E-state index contributed by atoms with van der Waals surface area (Å²) >= 11 is 0. The lowest BCUT2D eigenvalue weighted by atomic mass is 10.0. The third kappa shape index (κ3) is 4.77. The number of nitrogens with one attached hydrogen (secondary N) is 1. The van der Waals surface area contributed by atoms with Gasteiger partial charge >= 0.3 is 0 Å². The van der Waals surface area contributed by atoms with Gasteiger partial charge in [-0.1, -0.05) is 6.07 Å². The first kappa shape index (κ1) is 25.6. The van der Waals surface area contributed by atoms with Gasteiger partial charge in [-0.15, -0.1) is 0 Å². The lowest BCUT2D eigenvalue weighted by Crippen LogP contribution is -2.06. The zero-order valence-electron chi connectivity index (χ0n) is 21.1. The van der Waals surface area contributed by atoms with Crippen molar-refractivity contribution < 1.29 is 21.9 Å². The van der Waals surface area contributed by atoms with E-state index in [1.165, 1.54) is 20.3 Å². The number of hydrogen-bond donors (Lipinski definition) is 2. The van der Waals surface area contributed by atoms with E-state index >= 15 is 0 Å². The van der Waals surface area contributed by atoms with Gasteiger partial charge in [0, 0.05) is 45.7 Å². The van der Waals surface area contributed by atoms with Crippen molar-refractivity contribution in [3.8, 4) is 28.0 Å². The van der Waals surface area contributed by atoms with E-state index in [2.05, 4.69) is 19.4 Å². The third-order valence-electron chi connectivity index (χ3n) is 6.37. The molecule has 0 aliphatic heterocycles. The van der Waals surface area contributed by atoms with Gasteiger partial charge in [-0.05, 0) is 55.8 Å². The number of benzene rings is 2. The van der Waals surface area contributed by atoms with Gasteiger partial charge in [0.1, 0.15) is 28.7 Å². The summed E-state index contributed by atoms with van der Waals surface area (Å²) in [4.78, 5) is 7.80. The van der Waals surface area contributed by atoms with E-state index in [4.69, 9.17) is 8.92 Å². The topological polar surface area (TPSA) is 94.4 Å². The van der Waals surface area contributed by atoms with Crippen LogP contribution in [0.2, 0.25) is 0 Å². The number of aryl methyl sites for hydroxylation is 1. The van der Waals surface area contributed by atoms with E-state index in [9.17, 15) is 13.0 Å². The number of pyridine rings is 1. The molecule has 5 rings (SSSR count). The Morgan fingerprint density at radius 2 is 1.89 bits per heavy atom. The van der Waals surface area contributed by atoms with Crippen molar-refractivity contribution in [3.05, 3.63) is 83.4 Å². The Hall–Kier alpha value is -4.09. The highest BCUT2D eigenvalue weighted by Gasteiger charge is 2.19. The minimum absolute atomic E-state index is 0.101. The van der Waals surface area contributed by atoms with Crippen LogP contribution in [0.3, 0.4) is 0 Å². The van der Waals surface area contributed by atoms with Crippen LogP contribution in [0.5, 0.6) is 5.75 Å². The average Bonchev–Trinajstić information content (AvgIpc) is 3.44. The molecule has 1 N–H and O–H groups in total. The fourth-order valence-corrected chi connectivity index (χ4v) is 4.92. The Morgan fingerprint density at radius 3 is 2.66 bits per heavy atom. The Labute approximate surface area is 219 Å². The van der Waals surface area contributed by atoms with Crippen LogP contribution in [-0.2, 0) is 21.6 Å². The molecule has 0 spiro atoms. The molecule has 0 fully saturated rings. The first-order chi connectivity index (χ1) is 18.3. The summed E-state index contributed by atoms with van der Waals surface area (Å²) < 4.78 is 55.8. The molecule has 2 aromatic carbocycles. The lowest BCUT2D eigenvalue weighted by molar-refractivity contribution is 0.415. The number of aromatic amines is 1. The number of hydrogen-bond acceptors (Lipinski definition) is 6. The van der Waals surface area contributed by atoms with Gasteiger partial charge in [-0.2, -0.15) is 9.46 Å². The van der Waals surface area contributed by atoms with Crippen LogP contribution < -0.4 is 4.74 Å². The summed E-state index contributed by atoms with van der Waals surface area (Å²) in [5.74, 6) is -0.511. The SMILES string of the molecule is COc1ccc(-c2cnc3[nH]cc(-c4c(C)nn(Cc5cc(F)ccc5F)c4C)c3c2)cc1N=[SH](=O)OC. The monoisotopic (exact) mass is 537 g/mol. The lowest BCUT2D eigenvalue weighted by Gasteiger charge is -2.09. The zero-order chi connectivity index (χ0) is 27.0. The predicted octanol–water partition coefficient (Wildman–Crippen LogP) is 5.90. The molecule has 1 atom stereocenters. The van der Waals surface area contributed by atoms with E-state index in [0.717, 1.165) is 51.2 Å². The second kappa shape index (κ2) is 10.3. The molecular weight excluding hydrogens is 512 g/mol. The number of ether oxygens (including phenoxy) is 1. The number of fused-ring (bicyclic) bond motifs is 1. The summed E-state index contributed by atoms with van der Waals surface area (Å²) in [6.07, 6.45) is 3.60. The van der Waals surface area contributed by atoms with Crippen LogP contribution in [-0.4, -0.2) is 38.2 Å². The van der Waals surface area contributed by atoms with E-state index < -0.39 is 22.5 Å². The summed E-state index contributed by atoms with van der Waals surface area (Å²) in [6.45, 7) is 3.88. The molecular formula is C27H25F2N5O3S. The van der Waals surface area contributed by atoms with Crippen molar-refractivity contribution in [1.82, 2.24) is 19.7 Å². The normalized spacial score (nSPS) is 12.4. The van der Waals surface area contributed by atoms with Crippen LogP contribution in [0.25, 0.3) is 33.3 Å². The summed E-state index contributed by atoms with van der Waals surface area (Å²) in [5, 5.41) is 5.48. The van der Waals surface area contributed by atoms with Crippen LogP contribution >= 0.6 is 0 Å². The fraction of sp³-hybridized carbons (Fsp3) is 0.185. The number of rotatable bonds is 7. The molecule has 0 radical (unpaired) electrons. The molecule has 0 aliphatic carbocycles. The van der Waals surface area contributed by atoms with Crippen molar-refractivity contribution in [2.75, 3.05) is 14.2 Å². The van der Waals surface area contributed by atoms with Gasteiger partial charge in [-0.3, -0.25) is 8.86 Å². The molecule has 1 unspecified atom stereocenters. The van der Waals surface area contributed by atoms with Gasteiger partial charge < -0.3 is 9.72 Å². The number of aromatic nitrogens is 4. The maximum atomic E-state index is 14.3. The molecule has 196 valence electrons. The van der Waals surface area contributed by atoms with Gasteiger partial charge in [0.25, 0.3) is 0 Å². The summed E-state index contributed by atoms with van der Waals surface area (Å²) in [7, 11) is 0.618. The molecule has 3 aromatic heterocycles. The second-order valence-corrected chi connectivity index (χ2v) is 9.71. The number of methoxy groups -OCH3 is 1. The van der Waals surface area contributed by atoms with Crippen molar-refractivity contribution in [1.29, 1.82) is 0 Å². The van der Waals surface area contributed by atoms with Crippen molar-refractivity contribution in [3.63, 3.8) is 0 Å². The highest BCUT2D eigenvalue weighted by atomic mass is 32.2. The molecule has 38 heavy (non-hydrogen) atoms. The Bertz CT molecular complexity index is 1760. The fourth-order valence-electron chi connectivity index (χ4n) is 4.51. The van der Waals surface area contributed by atoms with Crippen LogP contribution in [0.1, 0.15) is 17.0 Å². The number of halogens is 2. The molecule has 5 aromatic rings. The Balaban J connectivity index is 1.58. The van der Waals surface area contributed by atoms with Crippen LogP contribution in [0, 0.1) is 25.5 Å². The molecule has 0 aliphatic rings. The highest BCUT2D eigenvalue weighted by Crippen LogP contribution is 2.37. The maximum absolute atomic E-state index is 14.3. The average molecular weight is 538 g/mol. The maximum Gasteiger partial charge on any atom is 0.157 e. The van der Waals surface area contributed by atoms with Crippen molar-refractivity contribution >= 4 is 27.6 Å². The highest BCUT2D eigenvalue weighted by molar-refractivity contribution is 7.69. The van der Waals surface area contributed by atoms with Crippen molar-refractivity contribution in [2.24, 2.45) is 4.36 Å². The zero-order valence-corrected chi connectivity index (χ0v) is 22.0. The van der Waals surface area contributed by atoms with E-state index in [0.29, 0.717) is 17.1 Å². The third-order valence-corrected chi connectivity index (χ3v) is 7.06. The largest absolute Gasteiger partial charge is 0.494 e. The van der Waals surface area contributed by atoms with E-state index in [-0.39, 0.29) is 12.1 Å². The van der Waals surface area contributed by atoms with Gasteiger partial charge in [0.05, 0.1) is 26.5 Å². The van der Waals surface area contributed by atoms with E-state index in [1.54, 1.807) is 23.0 Å². The Morgan fingerprint density at radius 1 is 1.08 bits per heavy atom. The number of nitrogens with zero attached hydrogens (tertiary/aromatic N) is 4. The standard InChI is InChI=1S/C27H25F2N5O3S/c1-15-26(16(2)34(32-15)14-19-9-20(28)6-7-23(19)29)22-13-31-27-21(22)10-18(12-30-27)17-5-8-25(36-3)24(11-17)33-38(35)37-4/h5-13,38H,14H2,1-4H3,(H,30,31). The Kier molecular flexibility index (Phi) is 6.96. The summed E-state index contributed by atoms with van der Waals surface area (Å²) in [5.41, 5.74) is 6.26. The summed E-state index contributed by atoms with van der Waals surface area (Å²) in [6, 6.07) is 10.8. The van der Waals surface area contributed by atoms with Crippen molar-refractivity contribution in [2.45, 2.75) is 20.4 Å².